The second kappa shape index (κ2) is 8.78. The van der Waals surface area contributed by atoms with Gasteiger partial charge in [-0.25, -0.2) is 4.98 Å². The SMILES string of the molecule is Cc1cc(Nc2cnccn2)cc([C@@H]2CCCN(Cc3cccc4ncccc34)C2)n1. The molecule has 0 bridgehead atoms. The largest absolute Gasteiger partial charge is 0.339 e. The molecule has 156 valence electrons. The minimum atomic E-state index is 0.421. The molecule has 1 atom stereocenters. The van der Waals surface area contributed by atoms with Crippen molar-refractivity contribution in [3.63, 3.8) is 0 Å². The number of aromatic nitrogens is 4. The van der Waals surface area contributed by atoms with Crippen LogP contribution in [0.15, 0.2) is 67.3 Å². The number of pyridine rings is 2. The van der Waals surface area contributed by atoms with Crippen LogP contribution in [-0.2, 0) is 6.54 Å². The standard InChI is InChI=1S/C25H26N6/c1-18-13-21(30-25-15-26-10-11-28-25)14-24(29-18)20-6-4-12-31(17-20)16-19-5-2-8-23-22(19)7-3-9-27-23/h2-3,5,7-11,13-15,20H,4,6,12,16-17H2,1H3,(H,28,29,30)/t20-/m1/s1. The van der Waals surface area contributed by atoms with Crippen LogP contribution in [-0.4, -0.2) is 37.9 Å². The van der Waals surface area contributed by atoms with E-state index in [0.29, 0.717) is 5.92 Å². The van der Waals surface area contributed by atoms with Gasteiger partial charge in [-0.3, -0.25) is 19.9 Å². The van der Waals surface area contributed by atoms with Crippen molar-refractivity contribution >= 4 is 22.4 Å². The Morgan fingerprint density at radius 3 is 2.94 bits per heavy atom. The minimum Gasteiger partial charge on any atom is -0.339 e. The highest BCUT2D eigenvalue weighted by molar-refractivity contribution is 5.81. The second-order valence-corrected chi connectivity index (χ2v) is 8.20. The van der Waals surface area contributed by atoms with Crippen LogP contribution in [0, 0.1) is 6.92 Å². The van der Waals surface area contributed by atoms with Gasteiger partial charge in [-0.1, -0.05) is 18.2 Å². The summed E-state index contributed by atoms with van der Waals surface area (Å²) in [6.07, 6.45) is 9.30. The van der Waals surface area contributed by atoms with Crippen molar-refractivity contribution in [1.82, 2.24) is 24.8 Å². The lowest BCUT2D eigenvalue weighted by Crippen LogP contribution is -2.34. The van der Waals surface area contributed by atoms with Gasteiger partial charge in [0.1, 0.15) is 5.82 Å². The van der Waals surface area contributed by atoms with E-state index in [-0.39, 0.29) is 0 Å². The molecule has 5 rings (SSSR count). The Balaban J connectivity index is 1.34. The maximum Gasteiger partial charge on any atom is 0.148 e. The van der Waals surface area contributed by atoms with Crippen molar-refractivity contribution in [1.29, 1.82) is 0 Å². The lowest BCUT2D eigenvalue weighted by atomic mass is 9.93. The van der Waals surface area contributed by atoms with Crippen LogP contribution < -0.4 is 5.32 Å². The summed E-state index contributed by atoms with van der Waals surface area (Å²) in [5, 5.41) is 4.61. The number of benzene rings is 1. The number of hydrogen-bond donors (Lipinski definition) is 1. The Bertz CT molecular complexity index is 1170. The van der Waals surface area contributed by atoms with E-state index >= 15 is 0 Å². The van der Waals surface area contributed by atoms with Crippen LogP contribution >= 0.6 is 0 Å². The Hall–Kier alpha value is -3.38. The van der Waals surface area contributed by atoms with E-state index in [1.807, 2.05) is 12.3 Å². The van der Waals surface area contributed by atoms with E-state index in [0.717, 1.165) is 54.5 Å². The summed E-state index contributed by atoms with van der Waals surface area (Å²) in [6.45, 7) is 5.12. The number of aryl methyl sites for hydroxylation is 1. The predicted molar refractivity (Wildman–Crippen MR) is 123 cm³/mol. The van der Waals surface area contributed by atoms with E-state index in [1.165, 1.54) is 17.4 Å². The average Bonchev–Trinajstić information content (AvgIpc) is 2.80. The number of likely N-dealkylation sites (tertiary alicyclic amines) is 1. The number of piperidine rings is 1. The fraction of sp³-hybridized carbons (Fsp3) is 0.280. The van der Waals surface area contributed by atoms with E-state index in [1.54, 1.807) is 18.6 Å². The maximum absolute atomic E-state index is 4.88. The van der Waals surface area contributed by atoms with Gasteiger partial charge < -0.3 is 5.32 Å². The third kappa shape index (κ3) is 4.54. The van der Waals surface area contributed by atoms with E-state index in [9.17, 15) is 0 Å². The Labute approximate surface area is 182 Å². The summed E-state index contributed by atoms with van der Waals surface area (Å²) in [6, 6.07) is 14.8. The molecule has 1 saturated heterocycles. The molecule has 0 aliphatic carbocycles. The third-order valence-corrected chi connectivity index (χ3v) is 5.86. The molecule has 0 unspecified atom stereocenters. The van der Waals surface area contributed by atoms with Crippen molar-refractivity contribution in [3.8, 4) is 0 Å². The highest BCUT2D eigenvalue weighted by Crippen LogP contribution is 2.30. The first-order valence-corrected chi connectivity index (χ1v) is 10.8. The van der Waals surface area contributed by atoms with Crippen molar-refractivity contribution in [2.24, 2.45) is 0 Å². The molecular weight excluding hydrogens is 384 g/mol. The second-order valence-electron chi connectivity index (χ2n) is 8.20. The summed E-state index contributed by atoms with van der Waals surface area (Å²) >= 11 is 0. The summed E-state index contributed by atoms with van der Waals surface area (Å²) in [5.41, 5.74) is 5.58. The van der Waals surface area contributed by atoms with Gasteiger partial charge in [0.2, 0.25) is 0 Å². The summed E-state index contributed by atoms with van der Waals surface area (Å²) < 4.78 is 0. The molecule has 3 aromatic heterocycles. The van der Waals surface area contributed by atoms with E-state index in [2.05, 4.69) is 68.5 Å². The molecule has 4 heterocycles. The molecule has 0 saturated carbocycles. The number of hydrogen-bond acceptors (Lipinski definition) is 6. The zero-order valence-electron chi connectivity index (χ0n) is 17.7. The van der Waals surface area contributed by atoms with Gasteiger partial charge in [0.05, 0.1) is 11.7 Å². The zero-order valence-corrected chi connectivity index (χ0v) is 17.7. The van der Waals surface area contributed by atoms with Crippen molar-refractivity contribution in [2.75, 3.05) is 18.4 Å². The van der Waals surface area contributed by atoms with Crippen LogP contribution in [0.5, 0.6) is 0 Å². The molecule has 0 radical (unpaired) electrons. The number of nitrogens with zero attached hydrogens (tertiary/aromatic N) is 5. The van der Waals surface area contributed by atoms with Gasteiger partial charge in [-0.05, 0) is 56.1 Å². The van der Waals surface area contributed by atoms with E-state index in [4.69, 9.17) is 4.98 Å². The predicted octanol–water partition coefficient (Wildman–Crippen LogP) is 4.85. The quantitative estimate of drug-likeness (QED) is 0.507. The summed E-state index contributed by atoms with van der Waals surface area (Å²) in [5.74, 6) is 1.16. The topological polar surface area (TPSA) is 66.8 Å². The molecule has 31 heavy (non-hydrogen) atoms. The number of fused-ring (bicyclic) bond motifs is 1. The smallest absolute Gasteiger partial charge is 0.148 e. The normalized spacial score (nSPS) is 17.0. The zero-order chi connectivity index (χ0) is 21.0. The fourth-order valence-corrected chi connectivity index (χ4v) is 4.47. The molecule has 0 amide bonds. The highest BCUT2D eigenvalue weighted by atomic mass is 15.1. The van der Waals surface area contributed by atoms with E-state index < -0.39 is 0 Å². The molecule has 6 nitrogen and oxygen atoms in total. The van der Waals surface area contributed by atoms with Gasteiger partial charge in [-0.15, -0.1) is 0 Å². The van der Waals surface area contributed by atoms with Crippen LogP contribution in [0.2, 0.25) is 0 Å². The molecule has 4 aromatic rings. The number of rotatable bonds is 5. The first-order valence-electron chi connectivity index (χ1n) is 10.8. The summed E-state index contributed by atoms with van der Waals surface area (Å²) in [4.78, 5) is 20.4. The van der Waals surface area contributed by atoms with Crippen LogP contribution in [0.3, 0.4) is 0 Å². The minimum absolute atomic E-state index is 0.421. The van der Waals surface area contributed by atoms with Gasteiger partial charge in [0.15, 0.2) is 0 Å². The van der Waals surface area contributed by atoms with Gasteiger partial charge in [0.25, 0.3) is 0 Å². The van der Waals surface area contributed by atoms with Crippen molar-refractivity contribution in [2.45, 2.75) is 32.2 Å². The molecular formula is C25H26N6. The lowest BCUT2D eigenvalue weighted by molar-refractivity contribution is 0.199. The molecule has 1 aliphatic rings. The average molecular weight is 411 g/mol. The Morgan fingerprint density at radius 1 is 1.06 bits per heavy atom. The van der Waals surface area contributed by atoms with Crippen LogP contribution in [0.4, 0.5) is 11.5 Å². The number of anilines is 2. The lowest BCUT2D eigenvalue weighted by Gasteiger charge is -2.33. The van der Waals surface area contributed by atoms with Gasteiger partial charge in [0, 0.05) is 60.1 Å². The van der Waals surface area contributed by atoms with Gasteiger partial charge in [-0.2, -0.15) is 0 Å². The van der Waals surface area contributed by atoms with Crippen molar-refractivity contribution in [3.05, 3.63) is 84.2 Å². The summed E-state index contributed by atoms with van der Waals surface area (Å²) in [7, 11) is 0. The molecule has 1 N–H and O–H groups in total. The third-order valence-electron chi connectivity index (χ3n) is 5.86. The van der Waals surface area contributed by atoms with Crippen LogP contribution in [0.25, 0.3) is 10.9 Å². The molecule has 1 aliphatic heterocycles. The molecule has 1 aromatic carbocycles. The first kappa shape index (κ1) is 19.6. The van der Waals surface area contributed by atoms with Gasteiger partial charge >= 0.3 is 0 Å². The molecule has 6 heteroatoms. The first-order chi connectivity index (χ1) is 15.2. The monoisotopic (exact) mass is 410 g/mol. The number of nitrogens with one attached hydrogen (secondary N) is 1. The Kier molecular flexibility index (Phi) is 5.54. The molecule has 0 spiro atoms. The van der Waals surface area contributed by atoms with Crippen molar-refractivity contribution < 1.29 is 0 Å². The molecule has 1 fully saturated rings. The highest BCUT2D eigenvalue weighted by Gasteiger charge is 2.23. The fourth-order valence-electron chi connectivity index (χ4n) is 4.47. The maximum atomic E-state index is 4.88. The van der Waals surface area contributed by atoms with Crippen LogP contribution in [0.1, 0.15) is 35.7 Å². The Morgan fingerprint density at radius 2 is 2.03 bits per heavy atom.